The Balaban J connectivity index is 2.31. The van der Waals surface area contributed by atoms with Gasteiger partial charge in [0.25, 0.3) is 0 Å². The minimum Gasteiger partial charge on any atom is -0.390 e. The molecule has 2 aromatic heterocycles. The summed E-state index contributed by atoms with van der Waals surface area (Å²) in [7, 11) is 2.02. The molecule has 0 atom stereocenters. The van der Waals surface area contributed by atoms with Crippen LogP contribution in [0.2, 0.25) is 0 Å². The lowest BCUT2D eigenvalue weighted by Gasteiger charge is -2.00. The van der Waals surface area contributed by atoms with E-state index in [1.54, 1.807) is 11.3 Å². The van der Waals surface area contributed by atoms with Gasteiger partial charge < -0.3 is 10.3 Å². The molecule has 3 nitrogen and oxygen atoms in total. The number of rotatable bonds is 1. The van der Waals surface area contributed by atoms with E-state index in [4.69, 9.17) is 5.73 Å². The topological polar surface area (TPSA) is 43.8 Å². The molecule has 3 rings (SSSR count). The van der Waals surface area contributed by atoms with Gasteiger partial charge in [-0.05, 0) is 25.1 Å². The van der Waals surface area contributed by atoms with E-state index in [-0.39, 0.29) is 0 Å². The quantitative estimate of drug-likeness (QED) is 0.713. The highest BCUT2D eigenvalue weighted by atomic mass is 32.1. The Morgan fingerprint density at radius 2 is 2.06 bits per heavy atom. The maximum atomic E-state index is 6.03. The average Bonchev–Trinajstić information content (AvgIpc) is 2.80. The van der Waals surface area contributed by atoms with Gasteiger partial charge in [0.2, 0.25) is 0 Å². The van der Waals surface area contributed by atoms with Crippen molar-refractivity contribution in [2.75, 3.05) is 5.73 Å². The number of anilines is 1. The van der Waals surface area contributed by atoms with Crippen molar-refractivity contribution < 1.29 is 0 Å². The predicted molar refractivity (Wildman–Crippen MR) is 73.2 cm³/mol. The Hall–Kier alpha value is -1.81. The molecule has 0 saturated heterocycles. The molecule has 3 aromatic rings. The van der Waals surface area contributed by atoms with Crippen LogP contribution in [0.1, 0.15) is 4.88 Å². The van der Waals surface area contributed by atoms with Gasteiger partial charge in [0.05, 0.1) is 21.6 Å². The van der Waals surface area contributed by atoms with Crippen molar-refractivity contribution in [2.24, 2.45) is 7.05 Å². The van der Waals surface area contributed by atoms with Gasteiger partial charge >= 0.3 is 0 Å². The van der Waals surface area contributed by atoms with Crippen LogP contribution in [0, 0.1) is 6.92 Å². The Morgan fingerprint density at radius 3 is 2.71 bits per heavy atom. The third kappa shape index (κ3) is 1.52. The molecule has 0 aliphatic heterocycles. The molecule has 0 aliphatic carbocycles. The number of aryl methyl sites for hydroxylation is 2. The summed E-state index contributed by atoms with van der Waals surface area (Å²) in [5, 5.41) is 0.834. The minimum atomic E-state index is 0.834. The zero-order valence-electron chi connectivity index (χ0n) is 9.77. The smallest absolute Gasteiger partial charge is 0.143 e. The molecule has 2 N–H and O–H groups in total. The first-order valence-electron chi connectivity index (χ1n) is 5.44. The Bertz CT molecular complexity index is 694. The van der Waals surface area contributed by atoms with Crippen LogP contribution < -0.4 is 5.73 Å². The summed E-state index contributed by atoms with van der Waals surface area (Å²) in [5.74, 6) is 0.938. The van der Waals surface area contributed by atoms with Crippen LogP contribution in [0.15, 0.2) is 30.3 Å². The maximum Gasteiger partial charge on any atom is 0.143 e. The minimum absolute atomic E-state index is 0.834. The fraction of sp³-hybridized carbons (Fsp3) is 0.154. The Kier molecular flexibility index (Phi) is 2.19. The summed E-state index contributed by atoms with van der Waals surface area (Å²) >= 11 is 1.61. The lowest BCUT2D eigenvalue weighted by molar-refractivity contribution is 0.960. The number of nitrogen functional groups attached to an aromatic ring is 1. The van der Waals surface area contributed by atoms with Crippen molar-refractivity contribution in [3.63, 3.8) is 0 Å². The van der Waals surface area contributed by atoms with Crippen LogP contribution >= 0.6 is 11.3 Å². The van der Waals surface area contributed by atoms with E-state index in [2.05, 4.69) is 28.6 Å². The highest BCUT2D eigenvalue weighted by Crippen LogP contribution is 2.34. The zero-order valence-corrected chi connectivity index (χ0v) is 10.6. The SMILES string of the molecule is Cc1cc(-c2nc3ccccc3n2C)c(N)s1. The first-order chi connectivity index (χ1) is 8.16. The van der Waals surface area contributed by atoms with Gasteiger partial charge in [0, 0.05) is 11.9 Å². The number of imidazole rings is 1. The first kappa shape index (κ1) is 10.4. The van der Waals surface area contributed by atoms with E-state index in [0.29, 0.717) is 0 Å². The number of para-hydroxylation sites is 2. The standard InChI is InChI=1S/C13H13N3S/c1-8-7-9(12(14)17-8)13-15-10-5-3-4-6-11(10)16(13)2/h3-7H,14H2,1-2H3. The summed E-state index contributed by atoms with van der Waals surface area (Å²) in [6.45, 7) is 2.06. The van der Waals surface area contributed by atoms with Gasteiger partial charge in [-0.25, -0.2) is 4.98 Å². The monoisotopic (exact) mass is 243 g/mol. The number of hydrogen-bond acceptors (Lipinski definition) is 3. The van der Waals surface area contributed by atoms with Crippen molar-refractivity contribution >= 4 is 27.4 Å². The summed E-state index contributed by atoms with van der Waals surface area (Å²) in [5.41, 5.74) is 9.20. The van der Waals surface area contributed by atoms with Crippen LogP contribution in [-0.4, -0.2) is 9.55 Å². The number of aromatic nitrogens is 2. The fourth-order valence-electron chi connectivity index (χ4n) is 2.09. The zero-order chi connectivity index (χ0) is 12.0. The molecule has 17 heavy (non-hydrogen) atoms. The molecular weight excluding hydrogens is 230 g/mol. The summed E-state index contributed by atoms with van der Waals surface area (Å²) in [6.07, 6.45) is 0. The van der Waals surface area contributed by atoms with Crippen molar-refractivity contribution in [1.29, 1.82) is 0 Å². The van der Waals surface area contributed by atoms with Crippen LogP contribution in [0.25, 0.3) is 22.4 Å². The molecule has 0 aliphatic rings. The second-order valence-corrected chi connectivity index (χ2v) is 5.41. The van der Waals surface area contributed by atoms with Crippen LogP contribution in [0.5, 0.6) is 0 Å². The van der Waals surface area contributed by atoms with Crippen molar-refractivity contribution in [1.82, 2.24) is 9.55 Å². The number of thiophene rings is 1. The van der Waals surface area contributed by atoms with E-state index in [1.165, 1.54) is 4.88 Å². The van der Waals surface area contributed by atoms with Gasteiger partial charge in [-0.15, -0.1) is 11.3 Å². The molecule has 2 heterocycles. The summed E-state index contributed by atoms with van der Waals surface area (Å²) < 4.78 is 2.09. The van der Waals surface area contributed by atoms with Gasteiger partial charge in [-0.3, -0.25) is 0 Å². The predicted octanol–water partition coefficient (Wildman–Crippen LogP) is 3.19. The molecule has 1 aromatic carbocycles. The number of benzene rings is 1. The molecule has 0 fully saturated rings. The second kappa shape index (κ2) is 3.60. The molecule has 0 radical (unpaired) electrons. The van der Waals surface area contributed by atoms with Crippen molar-refractivity contribution in [2.45, 2.75) is 6.92 Å². The lowest BCUT2D eigenvalue weighted by Crippen LogP contribution is -1.93. The molecule has 0 unspecified atom stereocenters. The first-order valence-corrected chi connectivity index (χ1v) is 6.26. The van der Waals surface area contributed by atoms with Gasteiger partial charge in [0.1, 0.15) is 5.82 Å². The largest absolute Gasteiger partial charge is 0.390 e. The van der Waals surface area contributed by atoms with Crippen LogP contribution in [0.3, 0.4) is 0 Å². The van der Waals surface area contributed by atoms with E-state index >= 15 is 0 Å². The molecular formula is C13H13N3S. The second-order valence-electron chi connectivity index (χ2n) is 4.12. The van der Waals surface area contributed by atoms with Crippen molar-refractivity contribution in [3.05, 3.63) is 35.2 Å². The van der Waals surface area contributed by atoms with Crippen LogP contribution in [0.4, 0.5) is 5.00 Å². The lowest BCUT2D eigenvalue weighted by atomic mass is 10.3. The van der Waals surface area contributed by atoms with E-state index < -0.39 is 0 Å². The highest BCUT2D eigenvalue weighted by molar-refractivity contribution is 7.16. The third-order valence-electron chi connectivity index (χ3n) is 2.91. The van der Waals surface area contributed by atoms with Gasteiger partial charge in [-0.2, -0.15) is 0 Å². The van der Waals surface area contributed by atoms with Crippen LogP contribution in [-0.2, 0) is 7.05 Å². The number of hydrogen-bond donors (Lipinski definition) is 1. The average molecular weight is 243 g/mol. The normalized spacial score (nSPS) is 11.2. The Morgan fingerprint density at radius 1 is 1.29 bits per heavy atom. The van der Waals surface area contributed by atoms with Gasteiger partial charge in [-0.1, -0.05) is 12.1 Å². The third-order valence-corrected chi connectivity index (χ3v) is 3.79. The number of nitrogens with two attached hydrogens (primary N) is 1. The summed E-state index contributed by atoms with van der Waals surface area (Å²) in [4.78, 5) is 5.86. The number of nitrogens with zero attached hydrogens (tertiary/aromatic N) is 2. The molecule has 0 saturated carbocycles. The van der Waals surface area contributed by atoms with E-state index in [1.807, 2.05) is 25.2 Å². The number of fused-ring (bicyclic) bond motifs is 1. The molecule has 4 heteroatoms. The van der Waals surface area contributed by atoms with Crippen molar-refractivity contribution in [3.8, 4) is 11.4 Å². The van der Waals surface area contributed by atoms with E-state index in [0.717, 1.165) is 27.4 Å². The van der Waals surface area contributed by atoms with E-state index in [9.17, 15) is 0 Å². The molecule has 0 spiro atoms. The molecule has 0 bridgehead atoms. The fourth-order valence-corrected chi connectivity index (χ4v) is 2.88. The highest BCUT2D eigenvalue weighted by Gasteiger charge is 2.13. The summed E-state index contributed by atoms with van der Waals surface area (Å²) in [6, 6.07) is 10.2. The molecule has 0 amide bonds. The maximum absolute atomic E-state index is 6.03. The molecule has 86 valence electrons. The van der Waals surface area contributed by atoms with Gasteiger partial charge in [0.15, 0.2) is 0 Å². The Labute approximate surface area is 104 Å².